The number of rotatable bonds is 7. The zero-order chi connectivity index (χ0) is 20.2. The van der Waals surface area contributed by atoms with E-state index in [4.69, 9.17) is 5.14 Å². The molecule has 0 aliphatic rings. The van der Waals surface area contributed by atoms with Gasteiger partial charge in [-0.15, -0.1) is 0 Å². The van der Waals surface area contributed by atoms with Crippen LogP contribution in [-0.4, -0.2) is 37.7 Å². The van der Waals surface area contributed by atoms with Crippen molar-refractivity contribution in [2.45, 2.75) is 17.9 Å². The van der Waals surface area contributed by atoms with Gasteiger partial charge < -0.3 is 5.32 Å². The molecule has 2 rings (SSSR count). The number of benzene rings is 2. The highest BCUT2D eigenvalue weighted by Gasteiger charge is 2.18. The van der Waals surface area contributed by atoms with Gasteiger partial charge in [0.25, 0.3) is 5.69 Å². The van der Waals surface area contributed by atoms with Crippen LogP contribution in [0.4, 0.5) is 11.4 Å². The summed E-state index contributed by atoms with van der Waals surface area (Å²) in [5.41, 5.74) is 0.996. The Balaban J connectivity index is 2.05. The second-order valence-corrected chi connectivity index (χ2v) is 7.63. The molecule has 0 heterocycles. The lowest BCUT2D eigenvalue weighted by Gasteiger charge is -2.24. The molecular formula is C17H20N4O5S. The van der Waals surface area contributed by atoms with E-state index in [1.54, 1.807) is 30.1 Å². The van der Waals surface area contributed by atoms with Crippen molar-refractivity contribution in [3.05, 3.63) is 64.2 Å². The van der Waals surface area contributed by atoms with Crippen molar-refractivity contribution in [1.82, 2.24) is 4.90 Å². The summed E-state index contributed by atoms with van der Waals surface area (Å²) in [6.07, 6.45) is 0. The van der Waals surface area contributed by atoms with Gasteiger partial charge in [0.1, 0.15) is 0 Å². The van der Waals surface area contributed by atoms with Crippen molar-refractivity contribution in [3.8, 4) is 0 Å². The van der Waals surface area contributed by atoms with Gasteiger partial charge in [-0.25, -0.2) is 13.6 Å². The van der Waals surface area contributed by atoms with Crippen LogP contribution in [0.3, 0.4) is 0 Å². The normalized spacial score (nSPS) is 12.6. The van der Waals surface area contributed by atoms with Gasteiger partial charge in [0.05, 0.1) is 16.4 Å². The zero-order valence-corrected chi connectivity index (χ0v) is 15.6. The Hall–Kier alpha value is -2.82. The lowest BCUT2D eigenvalue weighted by molar-refractivity contribution is -0.384. The van der Waals surface area contributed by atoms with Gasteiger partial charge in [-0.2, -0.15) is 0 Å². The summed E-state index contributed by atoms with van der Waals surface area (Å²) in [4.78, 5) is 24.3. The quantitative estimate of drug-likeness (QED) is 0.545. The highest BCUT2D eigenvalue weighted by Crippen LogP contribution is 2.23. The number of hydrogen-bond donors (Lipinski definition) is 2. The van der Waals surface area contributed by atoms with E-state index in [-0.39, 0.29) is 29.1 Å². The molecule has 0 spiro atoms. The molecule has 0 bridgehead atoms. The predicted octanol–water partition coefficient (Wildman–Crippen LogP) is 1.87. The summed E-state index contributed by atoms with van der Waals surface area (Å²) < 4.78 is 22.8. The zero-order valence-electron chi connectivity index (χ0n) is 14.8. The van der Waals surface area contributed by atoms with Crippen LogP contribution in [0.2, 0.25) is 0 Å². The maximum Gasteiger partial charge on any atom is 0.269 e. The fraction of sp³-hybridized carbons (Fsp3) is 0.235. The van der Waals surface area contributed by atoms with E-state index < -0.39 is 14.9 Å². The number of nitrogens with two attached hydrogens (primary N) is 1. The second kappa shape index (κ2) is 8.25. The summed E-state index contributed by atoms with van der Waals surface area (Å²) >= 11 is 0. The van der Waals surface area contributed by atoms with Crippen LogP contribution in [0.15, 0.2) is 53.4 Å². The van der Waals surface area contributed by atoms with Crippen LogP contribution >= 0.6 is 0 Å². The minimum absolute atomic E-state index is 0.00343. The number of nitrogens with zero attached hydrogens (tertiary/aromatic N) is 2. The molecule has 1 amide bonds. The average Bonchev–Trinajstić information content (AvgIpc) is 2.60. The molecule has 1 atom stereocenters. The monoisotopic (exact) mass is 392 g/mol. The third-order valence-electron chi connectivity index (χ3n) is 4.06. The van der Waals surface area contributed by atoms with Crippen LogP contribution in [0.25, 0.3) is 0 Å². The first-order valence-electron chi connectivity index (χ1n) is 7.95. The van der Waals surface area contributed by atoms with E-state index in [1.807, 2.05) is 6.92 Å². The Kier molecular flexibility index (Phi) is 6.26. The summed E-state index contributed by atoms with van der Waals surface area (Å²) in [6, 6.07) is 11.6. The number of nitro benzene ring substituents is 1. The molecule has 0 radical (unpaired) electrons. The van der Waals surface area contributed by atoms with Gasteiger partial charge in [-0.1, -0.05) is 18.2 Å². The Labute approximate surface area is 157 Å². The van der Waals surface area contributed by atoms with Crippen molar-refractivity contribution in [3.63, 3.8) is 0 Å². The Morgan fingerprint density at radius 2 is 1.93 bits per heavy atom. The maximum absolute atomic E-state index is 12.3. The summed E-state index contributed by atoms with van der Waals surface area (Å²) in [5, 5.41) is 18.6. The number of nitro groups is 1. The van der Waals surface area contributed by atoms with E-state index in [0.29, 0.717) is 11.3 Å². The highest BCUT2D eigenvalue weighted by molar-refractivity contribution is 7.89. The molecule has 0 aliphatic heterocycles. The molecule has 0 fully saturated rings. The number of nitrogens with one attached hydrogen (secondary N) is 1. The van der Waals surface area contributed by atoms with Crippen LogP contribution in [0.5, 0.6) is 0 Å². The standard InChI is InChI=1S/C17H20N4O5S/c1-12(13-5-3-7-15(9-13)21(23)24)20(2)11-17(22)19-14-6-4-8-16(10-14)27(18,25)26/h3-10,12H,11H2,1-2H3,(H,19,22)(H2,18,25,26)/t12-/m1/s1. The van der Waals surface area contributed by atoms with Gasteiger partial charge in [0.15, 0.2) is 0 Å². The van der Waals surface area contributed by atoms with Crippen LogP contribution in [-0.2, 0) is 14.8 Å². The van der Waals surface area contributed by atoms with Crippen LogP contribution < -0.4 is 10.5 Å². The molecule has 144 valence electrons. The first kappa shape index (κ1) is 20.5. The first-order valence-corrected chi connectivity index (χ1v) is 9.50. The van der Waals surface area contributed by atoms with Gasteiger partial charge in [0, 0.05) is 23.9 Å². The molecule has 0 unspecified atom stereocenters. The number of carbonyl (C=O) groups is 1. The van der Waals surface area contributed by atoms with E-state index in [2.05, 4.69) is 5.32 Å². The number of non-ortho nitro benzene ring substituents is 1. The smallest absolute Gasteiger partial charge is 0.269 e. The third kappa shape index (κ3) is 5.58. The topological polar surface area (TPSA) is 136 Å². The van der Waals surface area contributed by atoms with Crippen LogP contribution in [0.1, 0.15) is 18.5 Å². The van der Waals surface area contributed by atoms with Gasteiger partial charge in [0.2, 0.25) is 15.9 Å². The molecule has 27 heavy (non-hydrogen) atoms. The van der Waals surface area contributed by atoms with Gasteiger partial charge in [-0.3, -0.25) is 19.8 Å². The van der Waals surface area contributed by atoms with Crippen molar-refractivity contribution < 1.29 is 18.1 Å². The van der Waals surface area contributed by atoms with E-state index in [9.17, 15) is 23.3 Å². The molecule has 10 heteroatoms. The third-order valence-corrected chi connectivity index (χ3v) is 4.97. The van der Waals surface area contributed by atoms with E-state index in [0.717, 1.165) is 0 Å². The molecule has 0 aliphatic carbocycles. The SMILES string of the molecule is C[C@H](c1cccc([N+](=O)[O-])c1)N(C)CC(=O)Nc1cccc(S(N)(=O)=O)c1. The van der Waals surface area contributed by atoms with E-state index in [1.165, 1.54) is 30.3 Å². The molecule has 9 nitrogen and oxygen atoms in total. The number of amides is 1. The number of anilines is 1. The molecular weight excluding hydrogens is 372 g/mol. The summed E-state index contributed by atoms with van der Waals surface area (Å²) in [6.45, 7) is 1.83. The number of carbonyl (C=O) groups excluding carboxylic acids is 1. The first-order chi connectivity index (χ1) is 12.6. The molecule has 0 aromatic heterocycles. The Bertz CT molecular complexity index is 961. The van der Waals surface area contributed by atoms with Crippen molar-refractivity contribution in [1.29, 1.82) is 0 Å². The largest absolute Gasteiger partial charge is 0.325 e. The minimum atomic E-state index is -3.86. The highest BCUT2D eigenvalue weighted by atomic mass is 32.2. The molecule has 0 saturated carbocycles. The van der Waals surface area contributed by atoms with Crippen LogP contribution in [0, 0.1) is 10.1 Å². The fourth-order valence-electron chi connectivity index (χ4n) is 2.47. The van der Waals surface area contributed by atoms with Gasteiger partial charge in [-0.05, 0) is 37.7 Å². The Morgan fingerprint density at radius 1 is 1.26 bits per heavy atom. The average molecular weight is 392 g/mol. The summed E-state index contributed by atoms with van der Waals surface area (Å²) in [5.74, 6) is -0.360. The number of sulfonamides is 1. The second-order valence-electron chi connectivity index (χ2n) is 6.06. The van der Waals surface area contributed by atoms with Crippen molar-refractivity contribution in [2.75, 3.05) is 18.9 Å². The molecule has 2 aromatic rings. The van der Waals surface area contributed by atoms with Crippen molar-refractivity contribution in [2.24, 2.45) is 5.14 Å². The minimum Gasteiger partial charge on any atom is -0.325 e. The number of likely N-dealkylation sites (N-methyl/N-ethyl adjacent to an activating group) is 1. The van der Waals surface area contributed by atoms with Gasteiger partial charge >= 0.3 is 0 Å². The molecule has 2 aromatic carbocycles. The van der Waals surface area contributed by atoms with E-state index >= 15 is 0 Å². The van der Waals surface area contributed by atoms with Crippen molar-refractivity contribution >= 4 is 27.3 Å². The Morgan fingerprint density at radius 3 is 2.56 bits per heavy atom. The molecule has 3 N–H and O–H groups in total. The maximum atomic E-state index is 12.3. The fourth-order valence-corrected chi connectivity index (χ4v) is 3.03. The number of primary sulfonamides is 1. The lowest BCUT2D eigenvalue weighted by atomic mass is 10.1. The molecule has 0 saturated heterocycles. The predicted molar refractivity (Wildman–Crippen MR) is 101 cm³/mol. The lowest BCUT2D eigenvalue weighted by Crippen LogP contribution is -2.32. The summed E-state index contributed by atoms with van der Waals surface area (Å²) in [7, 11) is -2.15. The number of hydrogen-bond acceptors (Lipinski definition) is 6.